The summed E-state index contributed by atoms with van der Waals surface area (Å²) in [5.41, 5.74) is 0.939. The third kappa shape index (κ3) is 4.66. The third-order valence-corrected chi connectivity index (χ3v) is 7.72. The molecule has 0 saturated heterocycles. The molecule has 4 aliphatic rings. The Morgan fingerprint density at radius 1 is 1.06 bits per heavy atom. The van der Waals surface area contributed by atoms with Crippen molar-refractivity contribution in [3.05, 3.63) is 23.8 Å². The average Bonchev–Trinajstić information content (AvgIpc) is 2.71. The topological polar surface area (TPSA) is 81.1 Å². The molecule has 1 aromatic rings. The molecule has 2 atom stereocenters. The van der Waals surface area contributed by atoms with E-state index >= 15 is 0 Å². The highest BCUT2D eigenvalue weighted by atomic mass is 16.5. The van der Waals surface area contributed by atoms with Gasteiger partial charge in [0.2, 0.25) is 0 Å². The zero-order chi connectivity index (χ0) is 22.2. The molecule has 31 heavy (non-hydrogen) atoms. The first-order valence-corrected chi connectivity index (χ1v) is 11.5. The Bertz CT molecular complexity index is 805. The SMILES string of the molecule is COc1ccc(C[NH+](C)[C@@H](C)C(=O)NC(=O)NC23CC4CC(CC(C4)C2)C3)cc1OC. The fourth-order valence-electron chi connectivity index (χ4n) is 6.45. The lowest BCUT2D eigenvalue weighted by atomic mass is 9.53. The first-order valence-electron chi connectivity index (χ1n) is 11.5. The highest BCUT2D eigenvalue weighted by molar-refractivity contribution is 5.96. The number of methoxy groups -OCH3 is 2. The lowest BCUT2D eigenvalue weighted by Crippen LogP contribution is -3.12. The summed E-state index contributed by atoms with van der Waals surface area (Å²) in [4.78, 5) is 26.4. The minimum Gasteiger partial charge on any atom is -0.493 e. The standard InChI is InChI=1S/C24H35N3O4/c1-15(27(2)14-16-5-6-20(30-3)21(10-16)31-4)22(28)25-23(29)26-24-11-17-7-18(12-24)9-19(8-17)13-24/h5-6,10,15,17-19H,7-9,11-14H2,1-4H3,(H2,25,26,28,29)/p+1/t15-,17?,18?,19?,24?/m0/s1. The van der Waals surface area contributed by atoms with E-state index in [1.807, 2.05) is 32.2 Å². The van der Waals surface area contributed by atoms with Gasteiger partial charge in [-0.2, -0.15) is 0 Å². The van der Waals surface area contributed by atoms with Crippen LogP contribution in [0.5, 0.6) is 11.5 Å². The van der Waals surface area contributed by atoms with Gasteiger partial charge >= 0.3 is 6.03 Å². The second-order valence-corrected chi connectivity index (χ2v) is 10.1. The monoisotopic (exact) mass is 430 g/mol. The van der Waals surface area contributed by atoms with Crippen LogP contribution < -0.4 is 25.0 Å². The number of benzene rings is 1. The molecule has 170 valence electrons. The quantitative estimate of drug-likeness (QED) is 0.617. The summed E-state index contributed by atoms with van der Waals surface area (Å²) in [6, 6.07) is 5.06. The summed E-state index contributed by atoms with van der Waals surface area (Å²) in [6.07, 6.45) is 7.18. The number of nitrogens with one attached hydrogen (secondary N) is 3. The number of carbonyl (C=O) groups excluding carboxylic acids is 2. The summed E-state index contributed by atoms with van der Waals surface area (Å²) in [7, 11) is 5.17. The zero-order valence-corrected chi connectivity index (χ0v) is 19.1. The molecule has 0 radical (unpaired) electrons. The number of likely N-dealkylation sites (N-methyl/N-ethyl adjacent to an activating group) is 1. The number of rotatable bonds is 7. The first kappa shape index (κ1) is 21.9. The van der Waals surface area contributed by atoms with Gasteiger partial charge in [0, 0.05) is 11.1 Å². The van der Waals surface area contributed by atoms with Gasteiger partial charge in [0.25, 0.3) is 5.91 Å². The van der Waals surface area contributed by atoms with Gasteiger partial charge in [-0.25, -0.2) is 4.79 Å². The molecule has 4 aliphatic carbocycles. The lowest BCUT2D eigenvalue weighted by molar-refractivity contribution is -0.908. The summed E-state index contributed by atoms with van der Waals surface area (Å²) >= 11 is 0. The van der Waals surface area contributed by atoms with Gasteiger partial charge in [-0.3, -0.25) is 10.1 Å². The van der Waals surface area contributed by atoms with E-state index in [1.54, 1.807) is 14.2 Å². The van der Waals surface area contributed by atoms with Crippen LogP contribution in [0, 0.1) is 17.8 Å². The van der Waals surface area contributed by atoms with Crippen LogP contribution in [-0.2, 0) is 11.3 Å². The maximum absolute atomic E-state index is 12.8. The van der Waals surface area contributed by atoms with Gasteiger partial charge in [-0.1, -0.05) is 0 Å². The van der Waals surface area contributed by atoms with Gasteiger partial charge in [0.15, 0.2) is 17.5 Å². The summed E-state index contributed by atoms with van der Waals surface area (Å²) in [6.45, 7) is 2.48. The van der Waals surface area contributed by atoms with Crippen molar-refractivity contribution in [2.45, 2.75) is 63.6 Å². The van der Waals surface area contributed by atoms with E-state index in [-0.39, 0.29) is 23.5 Å². The largest absolute Gasteiger partial charge is 0.493 e. The zero-order valence-electron chi connectivity index (χ0n) is 19.1. The van der Waals surface area contributed by atoms with Crippen LogP contribution in [0.1, 0.15) is 51.0 Å². The van der Waals surface area contributed by atoms with Gasteiger partial charge in [-0.15, -0.1) is 0 Å². The second-order valence-electron chi connectivity index (χ2n) is 10.1. The maximum Gasteiger partial charge on any atom is 0.322 e. The Hall–Kier alpha value is -2.28. The molecule has 0 aliphatic heterocycles. The number of carbonyl (C=O) groups is 2. The van der Waals surface area contributed by atoms with Crippen LogP contribution in [0.4, 0.5) is 4.79 Å². The molecule has 0 aromatic heterocycles. The van der Waals surface area contributed by atoms with Crippen molar-refractivity contribution in [2.75, 3.05) is 21.3 Å². The van der Waals surface area contributed by atoms with Gasteiger partial charge in [0.05, 0.1) is 21.3 Å². The van der Waals surface area contributed by atoms with Gasteiger partial charge in [0.1, 0.15) is 6.54 Å². The molecule has 7 nitrogen and oxygen atoms in total. The Morgan fingerprint density at radius 3 is 2.19 bits per heavy atom. The Labute approximate surface area is 184 Å². The predicted molar refractivity (Wildman–Crippen MR) is 117 cm³/mol. The van der Waals surface area contributed by atoms with Crippen LogP contribution in [0.25, 0.3) is 0 Å². The van der Waals surface area contributed by atoms with Crippen molar-refractivity contribution in [2.24, 2.45) is 17.8 Å². The van der Waals surface area contributed by atoms with E-state index in [1.165, 1.54) is 19.3 Å². The molecule has 4 fully saturated rings. The molecule has 4 bridgehead atoms. The highest BCUT2D eigenvalue weighted by Crippen LogP contribution is 2.55. The molecule has 4 saturated carbocycles. The van der Waals surface area contributed by atoms with Crippen LogP contribution in [-0.4, -0.2) is 44.8 Å². The van der Waals surface area contributed by atoms with Crippen LogP contribution in [0.3, 0.4) is 0 Å². The van der Waals surface area contributed by atoms with Crippen molar-refractivity contribution < 1.29 is 24.0 Å². The summed E-state index contributed by atoms with van der Waals surface area (Å²) in [5.74, 6) is 3.34. The van der Waals surface area contributed by atoms with Gasteiger partial charge in [-0.05, 0) is 81.4 Å². The minimum absolute atomic E-state index is 0.0965. The molecule has 0 spiro atoms. The molecule has 0 heterocycles. The number of quaternary nitrogens is 1. The fourth-order valence-corrected chi connectivity index (χ4v) is 6.45. The Balaban J connectivity index is 1.31. The molecule has 1 aromatic carbocycles. The summed E-state index contributed by atoms with van der Waals surface area (Å²) < 4.78 is 10.7. The molecule has 3 N–H and O–H groups in total. The number of hydrogen-bond donors (Lipinski definition) is 3. The van der Waals surface area contributed by atoms with Crippen molar-refractivity contribution in [3.63, 3.8) is 0 Å². The number of amides is 3. The Kier molecular flexibility index (Phi) is 6.15. The van der Waals surface area contributed by atoms with Crippen molar-refractivity contribution >= 4 is 11.9 Å². The predicted octanol–water partition coefficient (Wildman–Crippen LogP) is 1.90. The number of ether oxygens (including phenoxy) is 2. The van der Waals surface area contributed by atoms with E-state index in [0.717, 1.165) is 47.5 Å². The number of hydrogen-bond acceptors (Lipinski definition) is 4. The van der Waals surface area contributed by atoms with E-state index in [9.17, 15) is 9.59 Å². The normalized spacial score (nSPS) is 30.4. The van der Waals surface area contributed by atoms with Crippen molar-refractivity contribution in [1.82, 2.24) is 10.6 Å². The van der Waals surface area contributed by atoms with E-state index in [2.05, 4.69) is 10.6 Å². The van der Waals surface area contributed by atoms with Gasteiger partial charge < -0.3 is 19.7 Å². The van der Waals surface area contributed by atoms with Crippen LogP contribution >= 0.6 is 0 Å². The molecule has 5 rings (SSSR count). The fraction of sp³-hybridized carbons (Fsp3) is 0.667. The van der Waals surface area contributed by atoms with Crippen molar-refractivity contribution in [1.29, 1.82) is 0 Å². The molecule has 1 unspecified atom stereocenters. The molecular weight excluding hydrogens is 394 g/mol. The lowest BCUT2D eigenvalue weighted by Gasteiger charge is -2.56. The van der Waals surface area contributed by atoms with Crippen LogP contribution in [0.2, 0.25) is 0 Å². The summed E-state index contributed by atoms with van der Waals surface area (Å²) in [5, 5.41) is 5.82. The minimum atomic E-state index is -0.366. The molecule has 7 heteroatoms. The first-order chi connectivity index (χ1) is 14.8. The number of urea groups is 1. The van der Waals surface area contributed by atoms with E-state index < -0.39 is 0 Å². The Morgan fingerprint density at radius 2 is 1.65 bits per heavy atom. The third-order valence-electron chi connectivity index (χ3n) is 7.72. The van der Waals surface area contributed by atoms with E-state index in [0.29, 0.717) is 18.0 Å². The number of imide groups is 1. The second kappa shape index (κ2) is 8.69. The maximum atomic E-state index is 12.8. The van der Waals surface area contributed by atoms with Crippen molar-refractivity contribution in [3.8, 4) is 11.5 Å². The van der Waals surface area contributed by atoms with Crippen LogP contribution in [0.15, 0.2) is 18.2 Å². The van der Waals surface area contributed by atoms with E-state index in [4.69, 9.17) is 9.47 Å². The molecular formula is C24H36N3O4+. The highest BCUT2D eigenvalue weighted by Gasteiger charge is 2.51. The average molecular weight is 431 g/mol. The smallest absolute Gasteiger partial charge is 0.322 e. The molecule has 3 amide bonds.